The van der Waals surface area contributed by atoms with Gasteiger partial charge in [0.2, 0.25) is 0 Å². The molecule has 8 nitrogen and oxygen atoms in total. The minimum atomic E-state index is -0.0637. The van der Waals surface area contributed by atoms with Crippen LogP contribution in [0.2, 0.25) is 0 Å². The maximum Gasteiger partial charge on any atom is 0.255 e. The van der Waals surface area contributed by atoms with E-state index in [0.29, 0.717) is 24.6 Å². The molecule has 3 unspecified atom stereocenters. The Bertz CT molecular complexity index is 1320. The molecule has 3 aliphatic heterocycles. The second kappa shape index (κ2) is 10.7. The molecule has 3 N–H and O–H groups in total. The van der Waals surface area contributed by atoms with E-state index >= 15 is 0 Å². The molecule has 0 saturated carbocycles. The number of rotatable bonds is 3. The maximum atomic E-state index is 13.4. The second-order valence-electron chi connectivity index (χ2n) is 10.8. The van der Waals surface area contributed by atoms with Gasteiger partial charge in [-0.05, 0) is 63.4 Å². The summed E-state index contributed by atoms with van der Waals surface area (Å²) in [5.41, 5.74) is 6.01. The molecule has 1 amide bonds. The number of pyridine rings is 1. The van der Waals surface area contributed by atoms with Crippen molar-refractivity contribution in [1.29, 1.82) is 0 Å². The van der Waals surface area contributed by atoms with Crippen LogP contribution in [0.4, 0.5) is 11.4 Å². The Morgan fingerprint density at radius 1 is 1.16 bits per heavy atom. The molecule has 4 bridgehead atoms. The van der Waals surface area contributed by atoms with Crippen LogP contribution in [-0.2, 0) is 0 Å². The zero-order valence-corrected chi connectivity index (χ0v) is 22.3. The highest BCUT2D eigenvalue weighted by Gasteiger charge is 2.34. The zero-order valence-electron chi connectivity index (χ0n) is 22.3. The highest BCUT2D eigenvalue weighted by Crippen LogP contribution is 2.44. The number of benzene rings is 1. The van der Waals surface area contributed by atoms with Crippen LogP contribution in [0.15, 0.2) is 36.7 Å². The van der Waals surface area contributed by atoms with E-state index in [0.717, 1.165) is 77.7 Å². The van der Waals surface area contributed by atoms with Crippen molar-refractivity contribution in [1.82, 2.24) is 20.2 Å². The van der Waals surface area contributed by atoms with Crippen LogP contribution in [0, 0.1) is 12.8 Å². The van der Waals surface area contributed by atoms with Crippen molar-refractivity contribution < 1.29 is 14.3 Å². The third-order valence-corrected chi connectivity index (χ3v) is 8.26. The summed E-state index contributed by atoms with van der Waals surface area (Å²) >= 11 is 0. The fourth-order valence-corrected chi connectivity index (χ4v) is 6.32. The highest BCUT2D eigenvalue weighted by molar-refractivity contribution is 6.07. The molecule has 3 aliphatic rings. The number of hydrogen-bond acceptors (Lipinski definition) is 6. The Hall–Kier alpha value is -3.52. The summed E-state index contributed by atoms with van der Waals surface area (Å²) in [5.74, 6) is 2.15. The molecule has 8 heteroatoms. The van der Waals surface area contributed by atoms with E-state index in [2.05, 4.69) is 25.5 Å². The van der Waals surface area contributed by atoms with E-state index in [1.807, 2.05) is 31.2 Å². The predicted molar refractivity (Wildman–Crippen MR) is 149 cm³/mol. The number of carbonyl (C=O) groups is 1. The second-order valence-corrected chi connectivity index (χ2v) is 10.8. The van der Waals surface area contributed by atoms with Crippen molar-refractivity contribution in [2.45, 2.75) is 44.9 Å². The Kier molecular flexibility index (Phi) is 6.98. The monoisotopic (exact) mass is 515 g/mol. The smallest absolute Gasteiger partial charge is 0.255 e. The lowest BCUT2D eigenvalue weighted by Gasteiger charge is -2.33. The lowest BCUT2D eigenvalue weighted by Crippen LogP contribution is -2.38. The molecule has 200 valence electrons. The van der Waals surface area contributed by atoms with Crippen molar-refractivity contribution in [3.05, 3.63) is 53.5 Å². The van der Waals surface area contributed by atoms with Gasteiger partial charge >= 0.3 is 0 Å². The molecule has 1 fully saturated rings. The topological polar surface area (TPSA) is 91.5 Å². The first-order valence-corrected chi connectivity index (χ1v) is 13.9. The summed E-state index contributed by atoms with van der Waals surface area (Å²) in [6.45, 7) is 6.71. The molecular formula is C30H37N5O3. The number of methoxy groups -OCH3 is 1. The van der Waals surface area contributed by atoms with Gasteiger partial charge < -0.3 is 30.0 Å². The average Bonchev–Trinajstić information content (AvgIpc) is 3.31. The first kappa shape index (κ1) is 24.8. The van der Waals surface area contributed by atoms with E-state index < -0.39 is 0 Å². The van der Waals surface area contributed by atoms with Gasteiger partial charge in [0.25, 0.3) is 5.91 Å². The molecular weight excluding hydrogens is 478 g/mol. The molecule has 3 atom stereocenters. The summed E-state index contributed by atoms with van der Waals surface area (Å²) in [6, 6.07) is 7.97. The first-order chi connectivity index (χ1) is 18.6. The van der Waals surface area contributed by atoms with E-state index in [1.54, 1.807) is 19.5 Å². The molecule has 38 heavy (non-hydrogen) atoms. The number of piperidine rings is 1. The number of ether oxygens (including phenoxy) is 2. The first-order valence-electron chi connectivity index (χ1n) is 13.9. The van der Waals surface area contributed by atoms with Crippen LogP contribution in [0.25, 0.3) is 11.3 Å². The number of hydrogen-bond donors (Lipinski definition) is 3. The maximum absolute atomic E-state index is 13.4. The van der Waals surface area contributed by atoms with Crippen LogP contribution in [0.3, 0.4) is 0 Å². The van der Waals surface area contributed by atoms with Crippen LogP contribution < -0.4 is 20.1 Å². The number of aromatic nitrogens is 2. The summed E-state index contributed by atoms with van der Waals surface area (Å²) < 4.78 is 12.2. The lowest BCUT2D eigenvalue weighted by molar-refractivity contribution is 0.0939. The number of H-pyrrole nitrogens is 1. The Morgan fingerprint density at radius 3 is 2.95 bits per heavy atom. The van der Waals surface area contributed by atoms with Crippen LogP contribution in [0.1, 0.15) is 59.6 Å². The zero-order chi connectivity index (χ0) is 26.1. The molecule has 0 radical (unpaired) electrons. The largest absolute Gasteiger partial charge is 0.494 e. The summed E-state index contributed by atoms with van der Waals surface area (Å²) in [7, 11) is 1.68. The van der Waals surface area contributed by atoms with Gasteiger partial charge in [0.05, 0.1) is 42.5 Å². The number of fused-ring (bicyclic) bond motifs is 5. The van der Waals surface area contributed by atoms with Crippen molar-refractivity contribution in [3.63, 3.8) is 0 Å². The van der Waals surface area contributed by atoms with Crippen LogP contribution >= 0.6 is 0 Å². The van der Waals surface area contributed by atoms with Gasteiger partial charge in [0.1, 0.15) is 11.5 Å². The summed E-state index contributed by atoms with van der Waals surface area (Å²) in [4.78, 5) is 24.1. The van der Waals surface area contributed by atoms with Crippen LogP contribution in [0.5, 0.6) is 11.5 Å². The van der Waals surface area contributed by atoms with E-state index in [-0.39, 0.29) is 11.8 Å². The number of amides is 1. The molecule has 0 aliphatic carbocycles. The van der Waals surface area contributed by atoms with Crippen LogP contribution in [-0.4, -0.2) is 60.7 Å². The van der Waals surface area contributed by atoms with Crippen molar-refractivity contribution in [3.8, 4) is 22.8 Å². The van der Waals surface area contributed by atoms with Gasteiger partial charge in [0, 0.05) is 42.4 Å². The number of aryl methyl sites for hydroxylation is 1. The lowest BCUT2D eigenvalue weighted by atomic mass is 9.91. The van der Waals surface area contributed by atoms with E-state index in [9.17, 15) is 4.79 Å². The van der Waals surface area contributed by atoms with Gasteiger partial charge in [-0.1, -0.05) is 18.6 Å². The molecule has 0 spiro atoms. The summed E-state index contributed by atoms with van der Waals surface area (Å²) in [6.07, 6.45) is 9.30. The standard InChI is InChI=1S/C30H37N5O3/c1-19-7-5-10-23(29(19)37-2)33-28-25-26-21(15-32-30(25)36)9-3-4-13-35-14-6-8-20(17-35)18-38-24-16-31-12-11-22(24)27(28)34-26/h5,7,10-12,16,20-21,33-34H,3-4,6,8-9,13-15,17-18H2,1-2H3,(H,32,36). The summed E-state index contributed by atoms with van der Waals surface area (Å²) in [5, 5.41) is 6.75. The fraction of sp³-hybridized carbons (Fsp3) is 0.467. The van der Waals surface area contributed by atoms with E-state index in [1.165, 1.54) is 19.4 Å². The number of nitrogens with one attached hydrogen (secondary N) is 3. The van der Waals surface area contributed by atoms with Gasteiger partial charge in [-0.2, -0.15) is 0 Å². The van der Waals surface area contributed by atoms with Gasteiger partial charge in [-0.15, -0.1) is 0 Å². The number of para-hydroxylation sites is 1. The van der Waals surface area contributed by atoms with Gasteiger partial charge in [-0.3, -0.25) is 9.78 Å². The minimum Gasteiger partial charge on any atom is -0.494 e. The fourth-order valence-electron chi connectivity index (χ4n) is 6.32. The normalized spacial score (nSPS) is 23.2. The predicted octanol–water partition coefficient (Wildman–Crippen LogP) is 5.24. The highest BCUT2D eigenvalue weighted by atomic mass is 16.5. The molecule has 3 aromatic rings. The average molecular weight is 516 g/mol. The van der Waals surface area contributed by atoms with Crippen molar-refractivity contribution in [2.24, 2.45) is 5.92 Å². The molecule has 6 rings (SSSR count). The number of carbonyl (C=O) groups excluding carboxylic acids is 1. The minimum absolute atomic E-state index is 0.0637. The molecule has 1 aromatic carbocycles. The molecule has 5 heterocycles. The Balaban J connectivity index is 1.48. The molecule has 2 aromatic heterocycles. The van der Waals surface area contributed by atoms with Gasteiger partial charge in [0.15, 0.2) is 0 Å². The van der Waals surface area contributed by atoms with E-state index in [4.69, 9.17) is 9.47 Å². The van der Waals surface area contributed by atoms with Crippen molar-refractivity contribution in [2.75, 3.05) is 45.2 Å². The van der Waals surface area contributed by atoms with Crippen molar-refractivity contribution >= 4 is 17.3 Å². The number of nitrogens with zero attached hydrogens (tertiary/aromatic N) is 2. The van der Waals surface area contributed by atoms with Gasteiger partial charge in [-0.25, -0.2) is 0 Å². The SMILES string of the molecule is COc1c(C)cccc1Nc1c2[nH]c3c1C(=O)NCC3CCCCN1CCCC(COc3cnccc3-2)C1. The Morgan fingerprint density at radius 2 is 2.05 bits per heavy atom. The Labute approximate surface area is 224 Å². The number of anilines is 2. The third kappa shape index (κ3) is 4.73. The molecule has 1 saturated heterocycles. The quantitative estimate of drug-likeness (QED) is 0.442. The third-order valence-electron chi connectivity index (χ3n) is 8.26. The number of aromatic amines is 1.